The molecule has 0 heterocycles. The summed E-state index contributed by atoms with van der Waals surface area (Å²) in [5.41, 5.74) is 1.10. The van der Waals surface area contributed by atoms with E-state index in [4.69, 9.17) is 4.74 Å². The molecule has 1 atom stereocenters. The van der Waals surface area contributed by atoms with Gasteiger partial charge in [-0.2, -0.15) is 0 Å². The number of benzene rings is 1. The lowest BCUT2D eigenvalue weighted by Gasteiger charge is -2.18. The lowest BCUT2D eigenvalue weighted by atomic mass is 10.2. The zero-order valence-electron chi connectivity index (χ0n) is 15.9. The molecule has 0 radical (unpaired) electrons. The number of halogens is 1. The second-order valence-corrected chi connectivity index (χ2v) is 7.82. The van der Waals surface area contributed by atoms with Crippen LogP contribution in [0.15, 0.2) is 29.3 Å². The fraction of sp³-hybridized carbons (Fsp3) is 0.588. The largest absolute Gasteiger partial charge is 0.489 e. The SMILES string of the molecule is CCS(=O)(=O)NCCCNC(=NC)NCC(C)Oc1ccccc1C.I. The number of nitrogens with zero attached hydrogens (tertiary/aromatic N) is 1. The molecule has 0 aliphatic carbocycles. The van der Waals surface area contributed by atoms with Gasteiger partial charge in [0, 0.05) is 20.1 Å². The summed E-state index contributed by atoms with van der Waals surface area (Å²) < 4.78 is 31.1. The summed E-state index contributed by atoms with van der Waals surface area (Å²) in [6, 6.07) is 7.91. The standard InChI is InChI=1S/C17H30N4O3S.HI/c1-5-25(22,23)21-12-8-11-19-17(18-4)20-13-15(3)24-16-10-7-6-9-14(16)2;/h6-7,9-10,15,21H,5,8,11-13H2,1-4H3,(H2,18,19,20);1H. The maximum Gasteiger partial charge on any atom is 0.211 e. The smallest absolute Gasteiger partial charge is 0.211 e. The van der Waals surface area contributed by atoms with Crippen LogP contribution >= 0.6 is 24.0 Å². The first kappa shape index (κ1) is 24.9. The summed E-state index contributed by atoms with van der Waals surface area (Å²) in [7, 11) is -1.42. The molecule has 3 N–H and O–H groups in total. The van der Waals surface area contributed by atoms with Gasteiger partial charge in [-0.3, -0.25) is 4.99 Å². The average Bonchev–Trinajstić information content (AvgIpc) is 2.59. The van der Waals surface area contributed by atoms with Crippen LogP contribution in [0, 0.1) is 6.92 Å². The molecule has 0 saturated heterocycles. The number of hydrogen-bond acceptors (Lipinski definition) is 4. The van der Waals surface area contributed by atoms with Crippen molar-refractivity contribution in [2.45, 2.75) is 33.3 Å². The van der Waals surface area contributed by atoms with E-state index in [0.717, 1.165) is 11.3 Å². The van der Waals surface area contributed by atoms with E-state index >= 15 is 0 Å². The number of hydrogen-bond donors (Lipinski definition) is 3. The Bertz CT molecular complexity index is 653. The zero-order chi connectivity index (χ0) is 18.7. The molecule has 0 spiro atoms. The minimum Gasteiger partial charge on any atom is -0.489 e. The third kappa shape index (κ3) is 10.2. The normalized spacial score (nSPS) is 12.8. The highest BCUT2D eigenvalue weighted by molar-refractivity contribution is 14.0. The van der Waals surface area contributed by atoms with E-state index in [0.29, 0.717) is 32.0 Å². The van der Waals surface area contributed by atoms with Crippen LogP contribution in [0.5, 0.6) is 5.75 Å². The quantitative estimate of drug-likeness (QED) is 0.198. The van der Waals surface area contributed by atoms with Crippen molar-refractivity contribution in [3.8, 4) is 5.75 Å². The number of aliphatic imine (C=N–C) groups is 1. The number of sulfonamides is 1. The van der Waals surface area contributed by atoms with Crippen LogP contribution < -0.4 is 20.1 Å². The highest BCUT2D eigenvalue weighted by Crippen LogP contribution is 2.17. The third-order valence-corrected chi connectivity index (χ3v) is 4.95. The van der Waals surface area contributed by atoms with Crippen LogP contribution in [-0.4, -0.2) is 52.9 Å². The second-order valence-electron chi connectivity index (χ2n) is 5.73. The molecule has 0 aliphatic heterocycles. The summed E-state index contributed by atoms with van der Waals surface area (Å²) in [6.45, 7) is 7.27. The predicted octanol–water partition coefficient (Wildman–Crippen LogP) is 1.87. The van der Waals surface area contributed by atoms with E-state index < -0.39 is 10.0 Å². The Balaban J connectivity index is 0.00000625. The fourth-order valence-electron chi connectivity index (χ4n) is 2.03. The van der Waals surface area contributed by atoms with E-state index in [1.54, 1.807) is 14.0 Å². The van der Waals surface area contributed by atoms with E-state index in [1.807, 2.05) is 38.1 Å². The zero-order valence-corrected chi connectivity index (χ0v) is 19.1. The van der Waals surface area contributed by atoms with Crippen molar-refractivity contribution in [2.75, 3.05) is 32.4 Å². The molecule has 0 bridgehead atoms. The first-order valence-electron chi connectivity index (χ1n) is 8.52. The molecule has 0 aliphatic rings. The fourth-order valence-corrected chi connectivity index (χ4v) is 2.69. The molecular weight excluding hydrogens is 467 g/mol. The maximum atomic E-state index is 11.3. The Morgan fingerprint density at radius 3 is 2.54 bits per heavy atom. The molecule has 1 unspecified atom stereocenters. The van der Waals surface area contributed by atoms with Gasteiger partial charge in [0.15, 0.2) is 5.96 Å². The van der Waals surface area contributed by atoms with Crippen molar-refractivity contribution in [1.82, 2.24) is 15.4 Å². The van der Waals surface area contributed by atoms with Crippen molar-refractivity contribution in [2.24, 2.45) is 4.99 Å². The first-order valence-corrected chi connectivity index (χ1v) is 10.2. The molecule has 1 rings (SSSR count). The molecule has 1 aromatic rings. The van der Waals surface area contributed by atoms with Crippen LogP contribution in [0.1, 0.15) is 25.8 Å². The highest BCUT2D eigenvalue weighted by Gasteiger charge is 2.08. The van der Waals surface area contributed by atoms with Gasteiger partial charge in [-0.15, -0.1) is 24.0 Å². The second kappa shape index (κ2) is 13.2. The van der Waals surface area contributed by atoms with E-state index in [1.165, 1.54) is 0 Å². The van der Waals surface area contributed by atoms with Gasteiger partial charge in [0.2, 0.25) is 10.0 Å². The van der Waals surface area contributed by atoms with Gasteiger partial charge >= 0.3 is 0 Å². The number of guanidine groups is 1. The molecule has 0 amide bonds. The van der Waals surface area contributed by atoms with Gasteiger partial charge in [-0.1, -0.05) is 18.2 Å². The molecule has 7 nitrogen and oxygen atoms in total. The van der Waals surface area contributed by atoms with Crippen molar-refractivity contribution in [1.29, 1.82) is 0 Å². The summed E-state index contributed by atoms with van der Waals surface area (Å²) >= 11 is 0. The van der Waals surface area contributed by atoms with Crippen molar-refractivity contribution >= 4 is 40.0 Å². The van der Waals surface area contributed by atoms with Crippen molar-refractivity contribution in [3.05, 3.63) is 29.8 Å². The summed E-state index contributed by atoms with van der Waals surface area (Å²) in [5.74, 6) is 1.64. The topological polar surface area (TPSA) is 91.8 Å². The van der Waals surface area contributed by atoms with Gasteiger partial charge in [0.1, 0.15) is 11.9 Å². The summed E-state index contributed by atoms with van der Waals surface area (Å²) in [5, 5.41) is 6.36. The number of para-hydroxylation sites is 1. The molecule has 1 aromatic carbocycles. The van der Waals surface area contributed by atoms with Gasteiger partial charge < -0.3 is 15.4 Å². The number of nitrogens with one attached hydrogen (secondary N) is 3. The van der Waals surface area contributed by atoms with E-state index in [-0.39, 0.29) is 35.8 Å². The maximum absolute atomic E-state index is 11.3. The van der Waals surface area contributed by atoms with Crippen LogP contribution in [0.4, 0.5) is 0 Å². The predicted molar refractivity (Wildman–Crippen MR) is 118 cm³/mol. The van der Waals surface area contributed by atoms with Crippen LogP contribution in [0.2, 0.25) is 0 Å². The molecule has 0 fully saturated rings. The minimum absolute atomic E-state index is 0. The number of rotatable bonds is 10. The van der Waals surface area contributed by atoms with Crippen LogP contribution in [0.25, 0.3) is 0 Å². The summed E-state index contributed by atoms with van der Waals surface area (Å²) in [6.07, 6.45) is 0.658. The van der Waals surface area contributed by atoms with E-state index in [9.17, 15) is 8.42 Å². The van der Waals surface area contributed by atoms with Gasteiger partial charge in [0.05, 0.1) is 12.3 Å². The first-order chi connectivity index (χ1) is 11.9. The molecular formula is C17H31IN4O3S. The Kier molecular flexibility index (Phi) is 12.6. The summed E-state index contributed by atoms with van der Waals surface area (Å²) in [4.78, 5) is 4.15. The lowest BCUT2D eigenvalue weighted by Crippen LogP contribution is -2.42. The lowest BCUT2D eigenvalue weighted by molar-refractivity contribution is 0.222. The molecule has 0 aromatic heterocycles. The number of aryl methyl sites for hydroxylation is 1. The molecule has 150 valence electrons. The van der Waals surface area contributed by atoms with E-state index in [2.05, 4.69) is 20.3 Å². The molecule has 9 heteroatoms. The minimum atomic E-state index is -3.12. The Morgan fingerprint density at radius 2 is 1.92 bits per heavy atom. The third-order valence-electron chi connectivity index (χ3n) is 3.55. The Labute approximate surface area is 174 Å². The number of ether oxygens (including phenoxy) is 1. The van der Waals surface area contributed by atoms with Gasteiger partial charge in [-0.25, -0.2) is 13.1 Å². The van der Waals surface area contributed by atoms with Crippen molar-refractivity contribution < 1.29 is 13.2 Å². The molecule has 26 heavy (non-hydrogen) atoms. The van der Waals surface area contributed by atoms with Crippen LogP contribution in [0.3, 0.4) is 0 Å². The van der Waals surface area contributed by atoms with Crippen LogP contribution in [-0.2, 0) is 10.0 Å². The van der Waals surface area contributed by atoms with Crippen molar-refractivity contribution in [3.63, 3.8) is 0 Å². The van der Waals surface area contributed by atoms with Gasteiger partial charge in [0.25, 0.3) is 0 Å². The molecule has 0 saturated carbocycles. The monoisotopic (exact) mass is 498 g/mol. The van der Waals surface area contributed by atoms with Gasteiger partial charge in [-0.05, 0) is 38.8 Å². The average molecular weight is 498 g/mol. The Hall–Kier alpha value is -1.07. The highest BCUT2D eigenvalue weighted by atomic mass is 127. The Morgan fingerprint density at radius 1 is 1.23 bits per heavy atom.